The van der Waals surface area contributed by atoms with Crippen LogP contribution >= 0.6 is 11.3 Å². The minimum Gasteiger partial charge on any atom is -0.390 e. The molecule has 0 aliphatic carbocycles. The second kappa shape index (κ2) is 5.90. The second-order valence-electron chi connectivity index (χ2n) is 5.22. The van der Waals surface area contributed by atoms with E-state index in [4.69, 9.17) is 0 Å². The van der Waals surface area contributed by atoms with Gasteiger partial charge in [-0.1, -0.05) is 0 Å². The third-order valence-corrected chi connectivity index (χ3v) is 4.56. The molecule has 1 aromatic heterocycles. The van der Waals surface area contributed by atoms with Crippen molar-refractivity contribution in [3.8, 4) is 0 Å². The van der Waals surface area contributed by atoms with Gasteiger partial charge in [0, 0.05) is 23.5 Å². The largest absolute Gasteiger partial charge is 0.390 e. The summed E-state index contributed by atoms with van der Waals surface area (Å²) in [6, 6.07) is 8.50. The number of rotatable bonds is 5. The Kier molecular flexibility index (Phi) is 4.01. The molecule has 1 fully saturated rings. The zero-order valence-corrected chi connectivity index (χ0v) is 11.8. The first-order valence-electron chi connectivity index (χ1n) is 6.93. The lowest BCUT2D eigenvalue weighted by atomic mass is 10.2. The van der Waals surface area contributed by atoms with Crippen LogP contribution in [-0.2, 0) is 0 Å². The maximum Gasteiger partial charge on any atom is 0.0839 e. The van der Waals surface area contributed by atoms with E-state index in [1.807, 2.05) is 0 Å². The molecule has 19 heavy (non-hydrogen) atoms. The summed E-state index contributed by atoms with van der Waals surface area (Å²) in [5, 5.41) is 16.7. The van der Waals surface area contributed by atoms with Gasteiger partial charge >= 0.3 is 0 Å². The average Bonchev–Trinajstić information content (AvgIpc) is 3.06. The molecule has 2 N–H and O–H groups in total. The third kappa shape index (κ3) is 3.26. The molecule has 0 amide bonds. The summed E-state index contributed by atoms with van der Waals surface area (Å²) in [6.45, 7) is 3.68. The molecule has 1 unspecified atom stereocenters. The number of nitrogens with one attached hydrogen (secondary N) is 1. The SMILES string of the molecule is OC(CNc1ccc2sccc2c1)CN1CCCC1. The number of aliphatic hydroxyl groups excluding tert-OH is 1. The van der Waals surface area contributed by atoms with E-state index < -0.39 is 0 Å². The molecular weight excluding hydrogens is 256 g/mol. The van der Waals surface area contributed by atoms with Crippen molar-refractivity contribution < 1.29 is 5.11 Å². The summed E-state index contributed by atoms with van der Waals surface area (Å²) >= 11 is 1.76. The molecule has 0 radical (unpaired) electrons. The summed E-state index contributed by atoms with van der Waals surface area (Å²) in [4.78, 5) is 2.34. The molecule has 1 aliphatic rings. The molecule has 1 aromatic carbocycles. The van der Waals surface area contributed by atoms with Crippen LogP contribution < -0.4 is 5.32 Å². The lowest BCUT2D eigenvalue weighted by molar-refractivity contribution is 0.135. The van der Waals surface area contributed by atoms with Gasteiger partial charge in [-0.3, -0.25) is 0 Å². The van der Waals surface area contributed by atoms with Crippen LogP contribution in [0.15, 0.2) is 29.6 Å². The number of benzene rings is 1. The molecule has 1 aliphatic heterocycles. The first kappa shape index (κ1) is 12.9. The number of hydrogen-bond acceptors (Lipinski definition) is 4. The topological polar surface area (TPSA) is 35.5 Å². The maximum absolute atomic E-state index is 10.0. The molecule has 4 heteroatoms. The van der Waals surface area contributed by atoms with Crippen LogP contribution in [0.4, 0.5) is 5.69 Å². The Bertz CT molecular complexity index is 534. The van der Waals surface area contributed by atoms with E-state index >= 15 is 0 Å². The van der Waals surface area contributed by atoms with E-state index in [-0.39, 0.29) is 6.10 Å². The van der Waals surface area contributed by atoms with Crippen LogP contribution in [0.25, 0.3) is 10.1 Å². The van der Waals surface area contributed by atoms with Crippen molar-refractivity contribution in [2.45, 2.75) is 18.9 Å². The maximum atomic E-state index is 10.0. The average molecular weight is 276 g/mol. The van der Waals surface area contributed by atoms with Gasteiger partial charge in [0.1, 0.15) is 0 Å². The number of thiophene rings is 1. The number of fused-ring (bicyclic) bond motifs is 1. The van der Waals surface area contributed by atoms with Crippen molar-refractivity contribution in [2.75, 3.05) is 31.5 Å². The Hall–Kier alpha value is -1.10. The monoisotopic (exact) mass is 276 g/mol. The van der Waals surface area contributed by atoms with Crippen LogP contribution in [0.5, 0.6) is 0 Å². The van der Waals surface area contributed by atoms with E-state index in [2.05, 4.69) is 39.9 Å². The Morgan fingerprint density at radius 2 is 2.11 bits per heavy atom. The quantitative estimate of drug-likeness (QED) is 0.881. The fraction of sp³-hybridized carbons (Fsp3) is 0.467. The Morgan fingerprint density at radius 3 is 2.95 bits per heavy atom. The molecule has 1 saturated heterocycles. The van der Waals surface area contributed by atoms with Crippen LogP contribution in [-0.4, -0.2) is 42.3 Å². The minimum absolute atomic E-state index is 0.295. The highest BCUT2D eigenvalue weighted by atomic mass is 32.1. The Morgan fingerprint density at radius 1 is 1.26 bits per heavy atom. The fourth-order valence-electron chi connectivity index (χ4n) is 2.64. The number of aliphatic hydroxyl groups is 1. The fourth-order valence-corrected chi connectivity index (χ4v) is 3.41. The highest BCUT2D eigenvalue weighted by molar-refractivity contribution is 7.17. The van der Waals surface area contributed by atoms with Gasteiger partial charge in [-0.2, -0.15) is 0 Å². The standard InChI is InChI=1S/C15H20N2OS/c18-14(11-17-6-1-2-7-17)10-16-13-3-4-15-12(9-13)5-8-19-15/h3-5,8-9,14,16,18H,1-2,6-7,10-11H2. The van der Waals surface area contributed by atoms with Crippen molar-refractivity contribution in [3.63, 3.8) is 0 Å². The Labute approximate surface area is 117 Å². The smallest absolute Gasteiger partial charge is 0.0839 e. The molecule has 0 saturated carbocycles. The van der Waals surface area contributed by atoms with Gasteiger partial charge in [0.2, 0.25) is 0 Å². The molecule has 0 bridgehead atoms. The zero-order valence-electron chi connectivity index (χ0n) is 11.0. The van der Waals surface area contributed by atoms with Gasteiger partial charge in [0.25, 0.3) is 0 Å². The lowest BCUT2D eigenvalue weighted by Crippen LogP contribution is -2.34. The van der Waals surface area contributed by atoms with Crippen molar-refractivity contribution in [3.05, 3.63) is 29.6 Å². The van der Waals surface area contributed by atoms with E-state index in [0.29, 0.717) is 6.54 Å². The van der Waals surface area contributed by atoms with Crippen LogP contribution in [0.3, 0.4) is 0 Å². The van der Waals surface area contributed by atoms with Crippen molar-refractivity contribution in [2.24, 2.45) is 0 Å². The number of β-amino-alcohol motifs (C(OH)–C–C–N with tert-alkyl or cyclic N) is 1. The van der Waals surface area contributed by atoms with Gasteiger partial charge in [-0.15, -0.1) is 11.3 Å². The first-order chi connectivity index (χ1) is 9.31. The molecule has 102 valence electrons. The molecule has 0 spiro atoms. The number of hydrogen-bond donors (Lipinski definition) is 2. The van der Waals surface area contributed by atoms with Crippen LogP contribution in [0, 0.1) is 0 Å². The Balaban J connectivity index is 1.52. The van der Waals surface area contributed by atoms with Gasteiger partial charge < -0.3 is 15.3 Å². The number of anilines is 1. The zero-order chi connectivity index (χ0) is 13.1. The summed E-state index contributed by atoms with van der Waals surface area (Å²) in [6.07, 6.45) is 2.25. The first-order valence-corrected chi connectivity index (χ1v) is 7.81. The predicted molar refractivity (Wildman–Crippen MR) is 82.0 cm³/mol. The summed E-state index contributed by atoms with van der Waals surface area (Å²) < 4.78 is 1.31. The summed E-state index contributed by atoms with van der Waals surface area (Å²) in [5.41, 5.74) is 1.09. The van der Waals surface area contributed by atoms with Gasteiger partial charge in [-0.05, 0) is 61.0 Å². The molecular formula is C15H20N2OS. The number of nitrogens with zero attached hydrogens (tertiary/aromatic N) is 1. The van der Waals surface area contributed by atoms with Crippen LogP contribution in [0.1, 0.15) is 12.8 Å². The van der Waals surface area contributed by atoms with Crippen molar-refractivity contribution in [1.29, 1.82) is 0 Å². The van der Waals surface area contributed by atoms with E-state index in [0.717, 1.165) is 25.3 Å². The second-order valence-corrected chi connectivity index (χ2v) is 6.16. The summed E-state index contributed by atoms with van der Waals surface area (Å²) in [5.74, 6) is 0. The van der Waals surface area contributed by atoms with Crippen molar-refractivity contribution in [1.82, 2.24) is 4.90 Å². The number of likely N-dealkylation sites (tertiary alicyclic amines) is 1. The molecule has 3 nitrogen and oxygen atoms in total. The van der Waals surface area contributed by atoms with Gasteiger partial charge in [-0.25, -0.2) is 0 Å². The molecule has 2 heterocycles. The summed E-state index contributed by atoms with van der Waals surface area (Å²) in [7, 11) is 0. The molecule has 3 rings (SSSR count). The minimum atomic E-state index is -0.295. The highest BCUT2D eigenvalue weighted by Gasteiger charge is 2.15. The van der Waals surface area contributed by atoms with Crippen LogP contribution in [0.2, 0.25) is 0 Å². The van der Waals surface area contributed by atoms with E-state index in [1.165, 1.54) is 22.9 Å². The molecule has 2 aromatic rings. The van der Waals surface area contributed by atoms with E-state index in [9.17, 15) is 5.11 Å². The third-order valence-electron chi connectivity index (χ3n) is 3.66. The highest BCUT2D eigenvalue weighted by Crippen LogP contribution is 2.23. The normalized spacial score (nSPS) is 17.9. The lowest BCUT2D eigenvalue weighted by Gasteiger charge is -2.20. The molecule has 1 atom stereocenters. The van der Waals surface area contributed by atoms with Crippen molar-refractivity contribution >= 4 is 27.1 Å². The van der Waals surface area contributed by atoms with Gasteiger partial charge in [0.05, 0.1) is 6.10 Å². The predicted octanol–water partition coefficient (Wildman–Crippen LogP) is 2.77. The van der Waals surface area contributed by atoms with Gasteiger partial charge in [0.15, 0.2) is 0 Å². The van der Waals surface area contributed by atoms with E-state index in [1.54, 1.807) is 11.3 Å².